The molecule has 1 N–H and O–H groups in total. The number of likely N-dealkylation sites (tertiary alicyclic amines) is 1. The van der Waals surface area contributed by atoms with Crippen LogP contribution < -0.4 is 9.80 Å². The highest BCUT2D eigenvalue weighted by Crippen LogP contribution is 2.66. The zero-order valence-corrected chi connectivity index (χ0v) is 24.2. The average molecular weight is 621 g/mol. The van der Waals surface area contributed by atoms with E-state index in [1.165, 1.54) is 13.2 Å². The van der Waals surface area contributed by atoms with Gasteiger partial charge in [-0.25, -0.2) is 4.79 Å². The first kappa shape index (κ1) is 27.2. The molecule has 41 heavy (non-hydrogen) atoms. The third-order valence-corrected chi connectivity index (χ3v) is 9.75. The molecule has 1 fully saturated rings. The Morgan fingerprint density at radius 3 is 2.56 bits per heavy atom. The molecule has 3 heterocycles. The molecule has 0 unspecified atom stereocenters. The number of fused-ring (bicyclic) bond motifs is 6. The summed E-state index contributed by atoms with van der Waals surface area (Å²) in [6, 6.07) is 19.6. The second-order valence-electron chi connectivity index (χ2n) is 10.7. The van der Waals surface area contributed by atoms with Gasteiger partial charge in [0.15, 0.2) is 0 Å². The van der Waals surface area contributed by atoms with Gasteiger partial charge in [-0.3, -0.25) is 19.8 Å². The monoisotopic (exact) mass is 620 g/mol. The Hall–Kier alpha value is -3.96. The van der Waals surface area contributed by atoms with Crippen LogP contribution in [0.15, 0.2) is 71.2 Å². The normalized spacial score (nSPS) is 24.3. The van der Waals surface area contributed by atoms with Gasteiger partial charge in [-0.15, -0.1) is 0 Å². The topological polar surface area (TPSA) is 116 Å². The van der Waals surface area contributed by atoms with Crippen LogP contribution in [0, 0.1) is 10.1 Å². The number of para-hydroxylation sites is 2. The second-order valence-corrected chi connectivity index (χ2v) is 11.5. The fourth-order valence-corrected chi connectivity index (χ4v) is 8.36. The number of likely N-dealkylation sites (N-methyl/N-ethyl adjacent to an activating group) is 1. The van der Waals surface area contributed by atoms with Crippen molar-refractivity contribution in [1.29, 1.82) is 0 Å². The lowest BCUT2D eigenvalue weighted by molar-refractivity contribution is -0.385. The Labute approximate surface area is 245 Å². The molecule has 0 saturated carbocycles. The van der Waals surface area contributed by atoms with Crippen molar-refractivity contribution in [2.75, 3.05) is 37.1 Å². The Kier molecular flexibility index (Phi) is 6.54. The molecule has 3 atom stereocenters. The third-order valence-electron chi connectivity index (χ3n) is 9.09. The molecule has 3 aliphatic rings. The lowest BCUT2D eigenvalue weighted by atomic mass is 9.52. The number of hydrogen-bond acceptors (Lipinski definition) is 7. The van der Waals surface area contributed by atoms with Crippen molar-refractivity contribution < 1.29 is 24.4 Å². The van der Waals surface area contributed by atoms with Crippen LogP contribution in [0.1, 0.15) is 29.5 Å². The molecule has 1 spiro atoms. The third kappa shape index (κ3) is 3.51. The van der Waals surface area contributed by atoms with E-state index >= 15 is 4.79 Å². The van der Waals surface area contributed by atoms with Crippen LogP contribution in [-0.2, 0) is 26.9 Å². The fourth-order valence-electron chi connectivity index (χ4n) is 7.65. The highest BCUT2D eigenvalue weighted by molar-refractivity contribution is 9.10. The van der Waals surface area contributed by atoms with Gasteiger partial charge >= 0.3 is 6.09 Å². The molecule has 2 amide bonds. The highest BCUT2D eigenvalue weighted by Gasteiger charge is 2.73. The van der Waals surface area contributed by atoms with Crippen LogP contribution >= 0.6 is 15.9 Å². The number of aliphatic hydroxyl groups is 1. The van der Waals surface area contributed by atoms with E-state index in [9.17, 15) is 20.0 Å². The number of benzene rings is 3. The second kappa shape index (κ2) is 9.85. The molecule has 0 bridgehead atoms. The summed E-state index contributed by atoms with van der Waals surface area (Å²) in [5, 5.41) is 22.4. The number of carbonyl (C=O) groups is 2. The number of amides is 2. The van der Waals surface area contributed by atoms with Crippen molar-refractivity contribution >= 4 is 45.0 Å². The van der Waals surface area contributed by atoms with Crippen molar-refractivity contribution in [3.05, 3.63) is 98.0 Å². The summed E-state index contributed by atoms with van der Waals surface area (Å²) in [4.78, 5) is 45.2. The maximum absolute atomic E-state index is 15.0. The van der Waals surface area contributed by atoms with E-state index in [2.05, 4.69) is 15.9 Å². The first-order valence-corrected chi connectivity index (χ1v) is 14.1. The van der Waals surface area contributed by atoms with Gasteiger partial charge < -0.3 is 19.6 Å². The van der Waals surface area contributed by atoms with Crippen LogP contribution in [0.5, 0.6) is 0 Å². The molecule has 0 aromatic heterocycles. The summed E-state index contributed by atoms with van der Waals surface area (Å²) in [6.07, 6.45) is -0.688. The number of nitro groups is 1. The van der Waals surface area contributed by atoms with Gasteiger partial charge in [0, 0.05) is 47.6 Å². The largest absolute Gasteiger partial charge is 0.452 e. The van der Waals surface area contributed by atoms with Crippen LogP contribution in [0.4, 0.5) is 21.9 Å². The molecule has 11 heteroatoms. The summed E-state index contributed by atoms with van der Waals surface area (Å²) in [7, 11) is 3.22. The van der Waals surface area contributed by atoms with E-state index in [4.69, 9.17) is 4.74 Å². The van der Waals surface area contributed by atoms with E-state index in [0.29, 0.717) is 29.8 Å². The van der Waals surface area contributed by atoms with E-state index < -0.39 is 28.0 Å². The van der Waals surface area contributed by atoms with E-state index in [-0.39, 0.29) is 31.2 Å². The van der Waals surface area contributed by atoms with Crippen molar-refractivity contribution in [2.24, 2.45) is 0 Å². The summed E-state index contributed by atoms with van der Waals surface area (Å²) >= 11 is 3.76. The maximum atomic E-state index is 15.0. The highest BCUT2D eigenvalue weighted by atomic mass is 79.9. The predicted molar refractivity (Wildman–Crippen MR) is 156 cm³/mol. The number of rotatable bonds is 5. The number of nitro benzene ring substituents is 1. The lowest BCUT2D eigenvalue weighted by Crippen LogP contribution is -2.70. The molecular formula is C30H29BrN4O6. The molecule has 3 aromatic rings. The Balaban J connectivity index is 1.63. The minimum atomic E-state index is -1.19. The first-order chi connectivity index (χ1) is 19.7. The van der Waals surface area contributed by atoms with Crippen molar-refractivity contribution in [1.82, 2.24) is 4.90 Å². The molecule has 3 aliphatic heterocycles. The number of aliphatic hydroxyl groups excluding tert-OH is 1. The molecular weight excluding hydrogens is 592 g/mol. The minimum absolute atomic E-state index is 0.0428. The number of hydrogen-bond donors (Lipinski definition) is 1. The minimum Gasteiger partial charge on any atom is -0.452 e. The Morgan fingerprint density at radius 1 is 1.12 bits per heavy atom. The van der Waals surface area contributed by atoms with Gasteiger partial charge in [-0.1, -0.05) is 58.4 Å². The van der Waals surface area contributed by atoms with Crippen LogP contribution in [-0.4, -0.2) is 60.4 Å². The molecule has 10 nitrogen and oxygen atoms in total. The van der Waals surface area contributed by atoms with Crippen molar-refractivity contribution in [3.63, 3.8) is 0 Å². The smallest absolute Gasteiger partial charge is 0.415 e. The zero-order valence-electron chi connectivity index (χ0n) is 22.6. The Bertz CT molecular complexity index is 1580. The quantitative estimate of drug-likeness (QED) is 0.324. The van der Waals surface area contributed by atoms with Gasteiger partial charge in [-0.2, -0.15) is 0 Å². The van der Waals surface area contributed by atoms with E-state index in [1.807, 2.05) is 54.4 Å². The van der Waals surface area contributed by atoms with Crippen molar-refractivity contribution in [2.45, 2.75) is 36.4 Å². The SMILES string of the molecule is COC(=O)N1c2ccccc2[C@]2(CCN(Cc3ccccc3[N+](=O)[O-])C2=O)[C@@]2(CCO)c3c(Br)cccc3N(C)[C@@H]12. The number of halogens is 1. The predicted octanol–water partition coefficient (Wildman–Crippen LogP) is 4.71. The van der Waals surface area contributed by atoms with Gasteiger partial charge in [0.25, 0.3) is 5.69 Å². The molecule has 3 aromatic carbocycles. The summed E-state index contributed by atoms with van der Waals surface area (Å²) in [5.74, 6) is -0.192. The van der Waals surface area contributed by atoms with Crippen molar-refractivity contribution in [3.8, 4) is 0 Å². The average Bonchev–Trinajstić information content (AvgIpc) is 3.43. The Morgan fingerprint density at radius 2 is 1.83 bits per heavy atom. The van der Waals surface area contributed by atoms with Crippen LogP contribution in [0.25, 0.3) is 0 Å². The number of nitrogens with zero attached hydrogens (tertiary/aromatic N) is 4. The summed E-state index contributed by atoms with van der Waals surface area (Å²) in [5.41, 5.74) is 1.04. The molecule has 1 saturated heterocycles. The number of methoxy groups -OCH3 is 1. The van der Waals surface area contributed by atoms with E-state index in [1.54, 1.807) is 28.0 Å². The first-order valence-electron chi connectivity index (χ1n) is 13.4. The van der Waals surface area contributed by atoms with Gasteiger partial charge in [0.1, 0.15) is 6.17 Å². The number of carbonyl (C=O) groups excluding carboxylic acids is 2. The van der Waals surface area contributed by atoms with Crippen LogP contribution in [0.3, 0.4) is 0 Å². The lowest BCUT2D eigenvalue weighted by Gasteiger charge is -2.57. The standard InChI is InChI=1S/C30H29BrN4O6/c1-32-24-13-7-10-21(31)25(24)30(15-17-36)26(32)34(28(38)41-2)23-12-6-4-9-20(23)29(30)14-16-33(27(29)37)18-19-8-3-5-11-22(19)35(39)40/h3-13,26,36H,14-18H2,1-2H3/t26-,29-,30-/m0/s1. The number of ether oxygens (including phenoxy) is 1. The summed E-state index contributed by atoms with van der Waals surface area (Å²) in [6.45, 7) is 0.182. The van der Waals surface area contributed by atoms with Gasteiger partial charge in [-0.05, 0) is 36.6 Å². The fraction of sp³-hybridized carbons (Fsp3) is 0.333. The maximum Gasteiger partial charge on any atom is 0.415 e. The number of anilines is 2. The van der Waals surface area contributed by atoms with Crippen LogP contribution in [0.2, 0.25) is 0 Å². The molecule has 212 valence electrons. The molecule has 0 aliphatic carbocycles. The van der Waals surface area contributed by atoms with E-state index in [0.717, 1.165) is 15.7 Å². The summed E-state index contributed by atoms with van der Waals surface area (Å²) < 4.78 is 6.07. The molecule has 6 rings (SSSR count). The molecule has 0 radical (unpaired) electrons. The van der Waals surface area contributed by atoms with Gasteiger partial charge in [0.05, 0.1) is 35.1 Å². The van der Waals surface area contributed by atoms with Gasteiger partial charge in [0.2, 0.25) is 5.91 Å². The zero-order chi connectivity index (χ0) is 29.1.